The number of benzene rings is 1. The topological polar surface area (TPSA) is 77.7 Å². The average molecular weight is 359 g/mol. The Balaban J connectivity index is 1.71. The highest BCUT2D eigenvalue weighted by molar-refractivity contribution is 5.98. The maximum absolute atomic E-state index is 13.0. The largest absolute Gasteiger partial charge is 0.491 e. The summed E-state index contributed by atoms with van der Waals surface area (Å²) < 4.78 is 24.5. The number of nitrogen functional groups attached to an aromatic ring is 1. The Hall–Kier alpha value is -2.67. The fourth-order valence-electron chi connectivity index (χ4n) is 3.13. The van der Waals surface area contributed by atoms with Gasteiger partial charge in [0, 0.05) is 19.9 Å². The first-order valence-electron chi connectivity index (χ1n) is 8.46. The van der Waals surface area contributed by atoms with E-state index in [1.165, 1.54) is 12.1 Å². The lowest BCUT2D eigenvalue weighted by atomic mass is 9.92. The van der Waals surface area contributed by atoms with Crippen LogP contribution in [0, 0.1) is 5.82 Å². The number of carbonyl (C=O) groups excluding carboxylic acids is 1. The van der Waals surface area contributed by atoms with E-state index in [-0.39, 0.29) is 24.1 Å². The van der Waals surface area contributed by atoms with Crippen molar-refractivity contribution in [3.8, 4) is 5.75 Å². The van der Waals surface area contributed by atoms with Crippen LogP contribution in [0.4, 0.5) is 10.2 Å². The van der Waals surface area contributed by atoms with Gasteiger partial charge in [-0.2, -0.15) is 0 Å². The van der Waals surface area contributed by atoms with Crippen molar-refractivity contribution in [3.63, 3.8) is 0 Å². The number of aromatic nitrogens is 1. The third-order valence-corrected chi connectivity index (χ3v) is 4.64. The number of piperidine rings is 1. The van der Waals surface area contributed by atoms with Gasteiger partial charge in [-0.3, -0.25) is 4.79 Å². The number of nitrogens with two attached hydrogens (primary N) is 1. The summed E-state index contributed by atoms with van der Waals surface area (Å²) in [6, 6.07) is 9.19. The van der Waals surface area contributed by atoms with E-state index < -0.39 is 5.60 Å². The van der Waals surface area contributed by atoms with Crippen LogP contribution in [0.2, 0.25) is 0 Å². The van der Waals surface area contributed by atoms with Crippen molar-refractivity contribution in [1.29, 1.82) is 0 Å². The van der Waals surface area contributed by atoms with Gasteiger partial charge in [-0.15, -0.1) is 0 Å². The molecule has 1 amide bonds. The summed E-state index contributed by atoms with van der Waals surface area (Å²) in [7, 11) is 1.61. The van der Waals surface area contributed by atoms with Gasteiger partial charge in [-0.25, -0.2) is 9.37 Å². The van der Waals surface area contributed by atoms with Gasteiger partial charge in [0.05, 0.1) is 12.1 Å². The zero-order valence-corrected chi connectivity index (χ0v) is 14.7. The molecule has 0 unspecified atom stereocenters. The molecule has 1 atom stereocenters. The minimum absolute atomic E-state index is 0.168. The molecular formula is C19H22FN3O3. The summed E-state index contributed by atoms with van der Waals surface area (Å²) in [5, 5.41) is 0. The molecule has 1 aromatic carbocycles. The number of methoxy groups -OCH3 is 1. The number of carbonyl (C=O) groups is 1. The highest BCUT2D eigenvalue weighted by atomic mass is 19.1. The standard InChI is InChI=1S/C19H22FN3O3/c1-25-19(13-26-15-7-5-14(20)6-8-15)9-3-11-23(12-19)18(24)16-4-2-10-22-17(16)21/h2,4-8,10H,3,9,11-13H2,1H3,(H2,21,22)/t19-/m0/s1. The van der Waals surface area contributed by atoms with Gasteiger partial charge >= 0.3 is 0 Å². The van der Waals surface area contributed by atoms with Crippen molar-refractivity contribution >= 4 is 11.7 Å². The molecule has 2 aromatic rings. The van der Waals surface area contributed by atoms with E-state index in [1.807, 2.05) is 0 Å². The van der Waals surface area contributed by atoms with Crippen LogP contribution in [-0.4, -0.2) is 48.2 Å². The highest BCUT2D eigenvalue weighted by Crippen LogP contribution is 2.27. The monoisotopic (exact) mass is 359 g/mol. The van der Waals surface area contributed by atoms with Crippen LogP contribution >= 0.6 is 0 Å². The van der Waals surface area contributed by atoms with Gasteiger partial charge in [-0.05, 0) is 49.2 Å². The predicted octanol–water partition coefficient (Wildman–Crippen LogP) is 2.50. The molecule has 0 bridgehead atoms. The molecule has 26 heavy (non-hydrogen) atoms. The SMILES string of the molecule is CO[C@@]1(COc2ccc(F)cc2)CCCN(C(=O)c2cccnc2N)C1. The van der Waals surface area contributed by atoms with Crippen molar-refractivity contribution in [3.05, 3.63) is 54.0 Å². The maximum Gasteiger partial charge on any atom is 0.257 e. The Bertz CT molecular complexity index is 769. The molecule has 0 radical (unpaired) electrons. The molecule has 1 aliphatic rings. The van der Waals surface area contributed by atoms with Gasteiger partial charge in [-0.1, -0.05) is 0 Å². The molecule has 6 nitrogen and oxygen atoms in total. The zero-order valence-electron chi connectivity index (χ0n) is 14.7. The van der Waals surface area contributed by atoms with E-state index in [0.29, 0.717) is 24.4 Å². The predicted molar refractivity (Wildman–Crippen MR) is 95.4 cm³/mol. The third kappa shape index (κ3) is 3.94. The molecule has 1 aromatic heterocycles. The van der Waals surface area contributed by atoms with Gasteiger partial charge in [0.2, 0.25) is 0 Å². The quantitative estimate of drug-likeness (QED) is 0.887. The van der Waals surface area contributed by atoms with E-state index >= 15 is 0 Å². The van der Waals surface area contributed by atoms with Crippen molar-refractivity contribution < 1.29 is 18.7 Å². The molecule has 2 heterocycles. The minimum Gasteiger partial charge on any atom is -0.491 e. The number of hydrogen-bond donors (Lipinski definition) is 1. The van der Waals surface area contributed by atoms with Gasteiger partial charge < -0.3 is 20.1 Å². The van der Waals surface area contributed by atoms with Crippen molar-refractivity contribution in [2.75, 3.05) is 32.5 Å². The lowest BCUT2D eigenvalue weighted by Gasteiger charge is -2.41. The summed E-state index contributed by atoms with van der Waals surface area (Å²) >= 11 is 0. The number of ether oxygens (including phenoxy) is 2. The second-order valence-corrected chi connectivity index (χ2v) is 6.40. The first kappa shape index (κ1) is 18.1. The van der Waals surface area contributed by atoms with Crippen LogP contribution in [0.5, 0.6) is 5.75 Å². The van der Waals surface area contributed by atoms with E-state index in [9.17, 15) is 9.18 Å². The second-order valence-electron chi connectivity index (χ2n) is 6.40. The van der Waals surface area contributed by atoms with Crippen LogP contribution in [0.15, 0.2) is 42.6 Å². The average Bonchev–Trinajstić information content (AvgIpc) is 2.67. The second kappa shape index (κ2) is 7.70. The number of halogens is 1. The molecule has 0 aliphatic carbocycles. The first-order chi connectivity index (χ1) is 12.5. The fraction of sp³-hybridized carbons (Fsp3) is 0.368. The summed E-state index contributed by atoms with van der Waals surface area (Å²) in [6.45, 7) is 1.27. The van der Waals surface area contributed by atoms with Crippen molar-refractivity contribution in [2.45, 2.75) is 18.4 Å². The Kier molecular flexibility index (Phi) is 5.37. The van der Waals surface area contributed by atoms with E-state index in [1.54, 1.807) is 42.5 Å². The Labute approximate surface area is 151 Å². The molecule has 7 heteroatoms. The Morgan fingerprint density at radius 3 is 2.81 bits per heavy atom. The molecule has 138 valence electrons. The zero-order chi connectivity index (χ0) is 18.6. The van der Waals surface area contributed by atoms with E-state index in [0.717, 1.165) is 12.8 Å². The summed E-state index contributed by atoms with van der Waals surface area (Å²) in [5.74, 6) is 0.289. The van der Waals surface area contributed by atoms with Crippen LogP contribution < -0.4 is 10.5 Å². The van der Waals surface area contributed by atoms with Crippen LogP contribution in [0.3, 0.4) is 0 Å². The molecule has 1 aliphatic heterocycles. The number of likely N-dealkylation sites (tertiary alicyclic amines) is 1. The maximum atomic E-state index is 13.0. The van der Waals surface area contributed by atoms with Gasteiger partial charge in [0.25, 0.3) is 5.91 Å². The lowest BCUT2D eigenvalue weighted by Crippen LogP contribution is -2.54. The Morgan fingerprint density at radius 1 is 1.35 bits per heavy atom. The van der Waals surface area contributed by atoms with Crippen LogP contribution in [0.1, 0.15) is 23.2 Å². The number of hydrogen-bond acceptors (Lipinski definition) is 5. The number of nitrogens with zero attached hydrogens (tertiary/aromatic N) is 2. The number of anilines is 1. The molecule has 0 spiro atoms. The summed E-state index contributed by atoms with van der Waals surface area (Å²) in [4.78, 5) is 18.5. The molecular weight excluding hydrogens is 337 g/mol. The summed E-state index contributed by atoms with van der Waals surface area (Å²) in [5.41, 5.74) is 5.59. The highest BCUT2D eigenvalue weighted by Gasteiger charge is 2.38. The molecule has 2 N–H and O–H groups in total. The van der Waals surface area contributed by atoms with Gasteiger partial charge in [0.15, 0.2) is 0 Å². The fourth-order valence-corrected chi connectivity index (χ4v) is 3.13. The third-order valence-electron chi connectivity index (χ3n) is 4.64. The van der Waals surface area contributed by atoms with Crippen molar-refractivity contribution in [2.24, 2.45) is 0 Å². The van der Waals surface area contributed by atoms with Crippen LogP contribution in [0.25, 0.3) is 0 Å². The number of pyridine rings is 1. The normalized spacial score (nSPS) is 20.0. The van der Waals surface area contributed by atoms with Crippen molar-refractivity contribution in [1.82, 2.24) is 9.88 Å². The van der Waals surface area contributed by atoms with E-state index in [2.05, 4.69) is 4.98 Å². The smallest absolute Gasteiger partial charge is 0.257 e. The number of rotatable bonds is 5. The minimum atomic E-state index is -0.626. The molecule has 1 saturated heterocycles. The molecule has 0 saturated carbocycles. The summed E-state index contributed by atoms with van der Waals surface area (Å²) in [6.07, 6.45) is 3.10. The molecule has 3 rings (SSSR count). The lowest BCUT2D eigenvalue weighted by molar-refractivity contribution is -0.0824. The van der Waals surface area contributed by atoms with E-state index in [4.69, 9.17) is 15.2 Å². The van der Waals surface area contributed by atoms with Crippen LogP contribution in [-0.2, 0) is 4.74 Å². The Morgan fingerprint density at radius 2 is 2.12 bits per heavy atom. The first-order valence-corrected chi connectivity index (χ1v) is 8.46. The molecule has 1 fully saturated rings. The number of amides is 1. The van der Waals surface area contributed by atoms with Gasteiger partial charge in [0.1, 0.15) is 29.6 Å².